The molecule has 1 rings (SSSR count). The first-order valence-electron chi connectivity index (χ1n) is 5.31. The Labute approximate surface area is 85.7 Å². The van der Waals surface area contributed by atoms with E-state index < -0.39 is 0 Å². The lowest BCUT2D eigenvalue weighted by Crippen LogP contribution is -2.29. The van der Waals surface area contributed by atoms with Crippen LogP contribution in [0.15, 0.2) is 12.7 Å². The van der Waals surface area contributed by atoms with Crippen molar-refractivity contribution in [1.82, 2.24) is 20.1 Å². The van der Waals surface area contributed by atoms with Gasteiger partial charge in [0, 0.05) is 6.04 Å². The Kier molecular flexibility index (Phi) is 4.59. The van der Waals surface area contributed by atoms with Crippen LogP contribution in [0.2, 0.25) is 0 Å². The van der Waals surface area contributed by atoms with Crippen LogP contribution >= 0.6 is 0 Å². The van der Waals surface area contributed by atoms with Crippen LogP contribution in [0, 0.1) is 0 Å². The fourth-order valence-electron chi connectivity index (χ4n) is 1.54. The molecule has 0 bridgehead atoms. The van der Waals surface area contributed by atoms with Crippen LogP contribution in [0.3, 0.4) is 0 Å². The zero-order chi connectivity index (χ0) is 10.4. The van der Waals surface area contributed by atoms with Gasteiger partial charge in [0.15, 0.2) is 0 Å². The number of nitrogens with one attached hydrogen (secondary N) is 1. The van der Waals surface area contributed by atoms with Crippen LogP contribution in [0.4, 0.5) is 0 Å². The van der Waals surface area contributed by atoms with Gasteiger partial charge < -0.3 is 5.32 Å². The molecule has 4 heteroatoms. The van der Waals surface area contributed by atoms with Crippen molar-refractivity contribution in [3.63, 3.8) is 0 Å². The summed E-state index contributed by atoms with van der Waals surface area (Å²) in [5.74, 6) is 0. The zero-order valence-corrected chi connectivity index (χ0v) is 9.27. The minimum atomic E-state index is 0.414. The summed E-state index contributed by atoms with van der Waals surface area (Å²) < 4.78 is 1.91. The van der Waals surface area contributed by atoms with Gasteiger partial charge in [0.2, 0.25) is 0 Å². The lowest BCUT2D eigenvalue weighted by Gasteiger charge is -2.18. The van der Waals surface area contributed by atoms with Crippen LogP contribution in [0.5, 0.6) is 0 Å². The molecule has 0 aromatic carbocycles. The van der Waals surface area contributed by atoms with Crippen LogP contribution in [0.25, 0.3) is 0 Å². The van der Waals surface area contributed by atoms with Crippen molar-refractivity contribution in [2.75, 3.05) is 6.54 Å². The predicted octanol–water partition coefficient (Wildman–Crippen LogP) is 1.62. The highest BCUT2D eigenvalue weighted by atomic mass is 15.3. The Morgan fingerprint density at radius 1 is 1.43 bits per heavy atom. The maximum Gasteiger partial charge on any atom is 0.137 e. The Bertz CT molecular complexity index is 232. The summed E-state index contributed by atoms with van der Waals surface area (Å²) in [6.45, 7) is 7.65. The number of hydrogen-bond donors (Lipinski definition) is 1. The molecule has 0 amide bonds. The van der Waals surface area contributed by atoms with E-state index in [4.69, 9.17) is 0 Å². The van der Waals surface area contributed by atoms with E-state index >= 15 is 0 Å². The van der Waals surface area contributed by atoms with Crippen molar-refractivity contribution in [3.05, 3.63) is 12.7 Å². The number of nitrogens with zero attached hydrogens (tertiary/aromatic N) is 3. The first kappa shape index (κ1) is 11.2. The molecule has 1 aromatic rings. The minimum Gasteiger partial charge on any atom is -0.314 e. The van der Waals surface area contributed by atoms with Crippen LogP contribution < -0.4 is 5.32 Å². The molecule has 1 aromatic heterocycles. The average molecular weight is 196 g/mol. The van der Waals surface area contributed by atoms with Crippen molar-refractivity contribution in [2.45, 2.75) is 45.7 Å². The predicted molar refractivity (Wildman–Crippen MR) is 57.1 cm³/mol. The molecule has 0 aliphatic heterocycles. The Morgan fingerprint density at radius 3 is 2.79 bits per heavy atom. The van der Waals surface area contributed by atoms with Crippen molar-refractivity contribution in [2.24, 2.45) is 0 Å². The molecule has 0 radical (unpaired) electrons. The molecule has 4 nitrogen and oxygen atoms in total. The van der Waals surface area contributed by atoms with E-state index in [1.165, 1.54) is 6.42 Å². The van der Waals surface area contributed by atoms with E-state index in [1.807, 2.05) is 4.68 Å². The summed E-state index contributed by atoms with van der Waals surface area (Å²) in [7, 11) is 0. The lowest BCUT2D eigenvalue weighted by molar-refractivity contribution is 0.389. The number of aromatic nitrogens is 3. The maximum absolute atomic E-state index is 4.13. The standard InChI is InChI=1S/C10H20N4/c1-4-5-12-9(2)6-10(3)14-8-11-7-13-14/h7-10,12H,4-6H2,1-3H3. The largest absolute Gasteiger partial charge is 0.314 e. The van der Waals surface area contributed by atoms with Crippen molar-refractivity contribution < 1.29 is 0 Å². The second-order valence-corrected chi connectivity index (χ2v) is 3.82. The van der Waals surface area contributed by atoms with Crippen molar-refractivity contribution in [3.8, 4) is 0 Å². The SMILES string of the molecule is CCCNC(C)CC(C)n1cncn1. The highest BCUT2D eigenvalue weighted by molar-refractivity contribution is 4.70. The molecule has 0 saturated carbocycles. The number of rotatable bonds is 6. The normalized spacial score (nSPS) is 15.4. The molecule has 1 N–H and O–H groups in total. The molecule has 80 valence electrons. The van der Waals surface area contributed by atoms with Crippen LogP contribution in [-0.2, 0) is 0 Å². The second-order valence-electron chi connectivity index (χ2n) is 3.82. The molecule has 2 atom stereocenters. The van der Waals surface area contributed by atoms with E-state index in [0.29, 0.717) is 12.1 Å². The molecule has 0 fully saturated rings. The molecule has 0 saturated heterocycles. The molecule has 1 heterocycles. The smallest absolute Gasteiger partial charge is 0.137 e. The molecular formula is C10H20N4. The van der Waals surface area contributed by atoms with Crippen LogP contribution in [0.1, 0.15) is 39.7 Å². The third-order valence-electron chi connectivity index (χ3n) is 2.33. The third kappa shape index (κ3) is 3.46. The fourth-order valence-corrected chi connectivity index (χ4v) is 1.54. The van der Waals surface area contributed by atoms with E-state index in [-0.39, 0.29) is 0 Å². The quantitative estimate of drug-likeness (QED) is 0.751. The summed E-state index contributed by atoms with van der Waals surface area (Å²) in [5.41, 5.74) is 0. The zero-order valence-electron chi connectivity index (χ0n) is 9.27. The van der Waals surface area contributed by atoms with E-state index in [2.05, 4.69) is 36.2 Å². The number of hydrogen-bond acceptors (Lipinski definition) is 3. The summed E-state index contributed by atoms with van der Waals surface area (Å²) >= 11 is 0. The molecular weight excluding hydrogens is 176 g/mol. The summed E-state index contributed by atoms with van der Waals surface area (Å²) in [6, 6.07) is 0.950. The summed E-state index contributed by atoms with van der Waals surface area (Å²) in [6.07, 6.45) is 5.63. The Hall–Kier alpha value is -0.900. The molecule has 0 aliphatic rings. The van der Waals surface area contributed by atoms with E-state index in [9.17, 15) is 0 Å². The first-order chi connectivity index (χ1) is 6.74. The highest BCUT2D eigenvalue weighted by Gasteiger charge is 2.09. The lowest BCUT2D eigenvalue weighted by atomic mass is 10.1. The van der Waals surface area contributed by atoms with Crippen molar-refractivity contribution in [1.29, 1.82) is 0 Å². The van der Waals surface area contributed by atoms with Gasteiger partial charge in [-0.1, -0.05) is 6.92 Å². The Balaban J connectivity index is 2.29. The van der Waals surface area contributed by atoms with Gasteiger partial charge in [-0.05, 0) is 33.2 Å². The van der Waals surface area contributed by atoms with Gasteiger partial charge in [-0.15, -0.1) is 0 Å². The molecule has 0 aliphatic carbocycles. The van der Waals surface area contributed by atoms with Gasteiger partial charge in [-0.2, -0.15) is 5.10 Å². The Morgan fingerprint density at radius 2 is 2.21 bits per heavy atom. The van der Waals surface area contributed by atoms with Gasteiger partial charge >= 0.3 is 0 Å². The van der Waals surface area contributed by atoms with Gasteiger partial charge in [0.1, 0.15) is 12.7 Å². The monoisotopic (exact) mass is 196 g/mol. The fraction of sp³-hybridized carbons (Fsp3) is 0.800. The highest BCUT2D eigenvalue weighted by Crippen LogP contribution is 2.10. The summed E-state index contributed by atoms with van der Waals surface area (Å²) in [4.78, 5) is 3.94. The van der Waals surface area contributed by atoms with E-state index in [0.717, 1.165) is 13.0 Å². The van der Waals surface area contributed by atoms with Gasteiger partial charge in [-0.25, -0.2) is 4.98 Å². The summed E-state index contributed by atoms with van der Waals surface area (Å²) in [5, 5.41) is 7.59. The topological polar surface area (TPSA) is 42.7 Å². The van der Waals surface area contributed by atoms with Gasteiger partial charge in [-0.3, -0.25) is 4.68 Å². The first-order valence-corrected chi connectivity index (χ1v) is 5.31. The van der Waals surface area contributed by atoms with Gasteiger partial charge in [0.05, 0.1) is 6.04 Å². The minimum absolute atomic E-state index is 0.414. The molecule has 14 heavy (non-hydrogen) atoms. The average Bonchev–Trinajstić information content (AvgIpc) is 2.67. The van der Waals surface area contributed by atoms with Crippen molar-refractivity contribution >= 4 is 0 Å². The maximum atomic E-state index is 4.13. The van der Waals surface area contributed by atoms with Gasteiger partial charge in [0.25, 0.3) is 0 Å². The molecule has 2 unspecified atom stereocenters. The third-order valence-corrected chi connectivity index (χ3v) is 2.33. The second kappa shape index (κ2) is 5.75. The molecule has 0 spiro atoms. The van der Waals surface area contributed by atoms with E-state index in [1.54, 1.807) is 12.7 Å². The van der Waals surface area contributed by atoms with Crippen LogP contribution in [-0.4, -0.2) is 27.4 Å².